The van der Waals surface area contributed by atoms with Crippen molar-refractivity contribution in [2.24, 2.45) is 0 Å². The third kappa shape index (κ3) is 3.22. The van der Waals surface area contributed by atoms with Crippen LogP contribution in [0.5, 0.6) is 0 Å². The molecule has 2 rings (SSSR count). The van der Waals surface area contributed by atoms with E-state index in [-0.39, 0.29) is 18.1 Å². The number of hydrogen-bond donors (Lipinski definition) is 3. The zero-order valence-electron chi connectivity index (χ0n) is 12.2. The van der Waals surface area contributed by atoms with Gasteiger partial charge in [0.2, 0.25) is 0 Å². The Kier molecular flexibility index (Phi) is 3.99. The van der Waals surface area contributed by atoms with E-state index in [4.69, 9.17) is 4.42 Å². The fourth-order valence-corrected chi connectivity index (χ4v) is 2.22. The zero-order chi connectivity index (χ0) is 15.6. The van der Waals surface area contributed by atoms with Crippen molar-refractivity contribution in [2.75, 3.05) is 6.54 Å². The van der Waals surface area contributed by atoms with Gasteiger partial charge in [-0.2, -0.15) is 0 Å². The lowest BCUT2D eigenvalue weighted by molar-refractivity contribution is 0.0513. The maximum Gasteiger partial charge on any atom is 0.267 e. The predicted octanol–water partition coefficient (Wildman–Crippen LogP) is 1.67. The van der Waals surface area contributed by atoms with E-state index in [1.54, 1.807) is 26.8 Å². The van der Waals surface area contributed by atoms with Crippen LogP contribution in [0.1, 0.15) is 45.0 Å². The molecule has 112 valence electrons. The molecule has 6 heteroatoms. The van der Waals surface area contributed by atoms with E-state index in [2.05, 4.69) is 10.3 Å². The molecular weight excluding hydrogens is 272 g/mol. The Hall–Kier alpha value is -2.34. The topological polar surface area (TPSA) is 95.3 Å². The van der Waals surface area contributed by atoms with Crippen LogP contribution in [0.15, 0.2) is 22.6 Å². The fourth-order valence-electron chi connectivity index (χ4n) is 2.22. The quantitative estimate of drug-likeness (QED) is 0.730. The van der Waals surface area contributed by atoms with Crippen LogP contribution in [0.4, 0.5) is 0 Å². The molecule has 0 saturated carbocycles. The molecule has 0 bridgehead atoms. The van der Waals surface area contributed by atoms with Crippen molar-refractivity contribution < 1.29 is 19.1 Å². The minimum absolute atomic E-state index is 0.0289. The number of nitrogens with one attached hydrogen (secondary N) is 2. The number of aldehydes is 1. The Morgan fingerprint density at radius 2 is 2.19 bits per heavy atom. The maximum atomic E-state index is 11.9. The van der Waals surface area contributed by atoms with Crippen LogP contribution >= 0.6 is 0 Å². The van der Waals surface area contributed by atoms with Crippen molar-refractivity contribution in [3.05, 3.63) is 46.7 Å². The van der Waals surface area contributed by atoms with Crippen LogP contribution in [0.25, 0.3) is 0 Å². The summed E-state index contributed by atoms with van der Waals surface area (Å²) < 4.78 is 5.39. The number of carbonyl (C=O) groups is 2. The van der Waals surface area contributed by atoms with Crippen LogP contribution in [-0.4, -0.2) is 28.8 Å². The van der Waals surface area contributed by atoms with Crippen molar-refractivity contribution in [2.45, 2.75) is 26.4 Å². The molecule has 0 radical (unpaired) electrons. The first-order chi connectivity index (χ1) is 9.83. The van der Waals surface area contributed by atoms with Crippen LogP contribution in [0, 0.1) is 13.8 Å². The Labute approximate surface area is 122 Å². The number of rotatable bonds is 5. The first-order valence-corrected chi connectivity index (χ1v) is 6.56. The Morgan fingerprint density at radius 3 is 2.71 bits per heavy atom. The van der Waals surface area contributed by atoms with Gasteiger partial charge in [-0.05, 0) is 39.0 Å². The van der Waals surface area contributed by atoms with E-state index in [9.17, 15) is 14.7 Å². The number of furan rings is 1. The zero-order valence-corrected chi connectivity index (χ0v) is 12.2. The molecule has 2 heterocycles. The number of hydrogen-bond acceptors (Lipinski definition) is 4. The van der Waals surface area contributed by atoms with E-state index < -0.39 is 5.60 Å². The van der Waals surface area contributed by atoms with Crippen molar-refractivity contribution >= 4 is 12.2 Å². The normalized spacial score (nSPS) is 13.7. The number of H-pyrrole nitrogens is 1. The smallest absolute Gasteiger partial charge is 0.267 e. The van der Waals surface area contributed by atoms with Gasteiger partial charge >= 0.3 is 0 Å². The Balaban J connectivity index is 2.06. The molecule has 2 aromatic heterocycles. The second kappa shape index (κ2) is 5.57. The SMILES string of the molecule is Cc1cc(C(C)(O)CNC(=O)c2ccc(C=O)[nH]2)c(C)o1. The molecule has 0 spiro atoms. The third-order valence-electron chi connectivity index (χ3n) is 3.29. The minimum Gasteiger partial charge on any atom is -0.466 e. The molecule has 0 aliphatic rings. The monoisotopic (exact) mass is 290 g/mol. The number of carbonyl (C=O) groups excluding carboxylic acids is 2. The van der Waals surface area contributed by atoms with Crippen molar-refractivity contribution in [1.82, 2.24) is 10.3 Å². The maximum absolute atomic E-state index is 11.9. The highest BCUT2D eigenvalue weighted by molar-refractivity contribution is 5.93. The molecule has 0 aromatic carbocycles. The largest absolute Gasteiger partial charge is 0.466 e. The molecule has 0 fully saturated rings. The third-order valence-corrected chi connectivity index (χ3v) is 3.29. The highest BCUT2D eigenvalue weighted by Gasteiger charge is 2.28. The second-order valence-corrected chi connectivity index (χ2v) is 5.23. The van der Waals surface area contributed by atoms with Crippen LogP contribution in [0.2, 0.25) is 0 Å². The molecule has 1 atom stereocenters. The molecule has 1 unspecified atom stereocenters. The minimum atomic E-state index is -1.24. The van der Waals surface area contributed by atoms with E-state index in [0.29, 0.717) is 29.1 Å². The summed E-state index contributed by atoms with van der Waals surface area (Å²) in [6.07, 6.45) is 0.630. The first kappa shape index (κ1) is 15.1. The average Bonchev–Trinajstić information content (AvgIpc) is 3.02. The summed E-state index contributed by atoms with van der Waals surface area (Å²) in [5.41, 5.74) is -0.000936. The van der Waals surface area contributed by atoms with Gasteiger partial charge in [0.15, 0.2) is 6.29 Å². The number of aromatic amines is 1. The summed E-state index contributed by atoms with van der Waals surface area (Å²) in [6.45, 7) is 5.20. The summed E-state index contributed by atoms with van der Waals surface area (Å²) in [6, 6.07) is 4.78. The van der Waals surface area contributed by atoms with E-state index >= 15 is 0 Å². The summed E-state index contributed by atoms with van der Waals surface area (Å²) in [7, 11) is 0. The lowest BCUT2D eigenvalue weighted by Crippen LogP contribution is -2.38. The van der Waals surface area contributed by atoms with Gasteiger partial charge in [-0.25, -0.2) is 0 Å². The Bertz CT molecular complexity index is 667. The second-order valence-electron chi connectivity index (χ2n) is 5.23. The van der Waals surface area contributed by atoms with Crippen molar-refractivity contribution in [3.8, 4) is 0 Å². The molecule has 6 nitrogen and oxygen atoms in total. The first-order valence-electron chi connectivity index (χ1n) is 6.56. The lowest BCUT2D eigenvalue weighted by Gasteiger charge is -2.23. The highest BCUT2D eigenvalue weighted by atomic mass is 16.3. The number of aryl methyl sites for hydroxylation is 2. The van der Waals surface area contributed by atoms with E-state index in [0.717, 1.165) is 0 Å². The summed E-state index contributed by atoms with van der Waals surface area (Å²) in [5, 5.41) is 13.1. The predicted molar refractivity (Wildman–Crippen MR) is 76.3 cm³/mol. The summed E-state index contributed by atoms with van der Waals surface area (Å²) in [4.78, 5) is 25.2. The molecule has 21 heavy (non-hydrogen) atoms. The Morgan fingerprint density at radius 1 is 1.48 bits per heavy atom. The van der Waals surface area contributed by atoms with Gasteiger partial charge in [0.05, 0.1) is 12.2 Å². The molecule has 0 saturated heterocycles. The molecule has 1 amide bonds. The average molecular weight is 290 g/mol. The molecule has 0 aliphatic carbocycles. The highest BCUT2D eigenvalue weighted by Crippen LogP contribution is 2.26. The fraction of sp³-hybridized carbons (Fsp3) is 0.333. The van der Waals surface area contributed by atoms with Gasteiger partial charge in [-0.15, -0.1) is 0 Å². The number of aromatic nitrogens is 1. The van der Waals surface area contributed by atoms with Gasteiger partial charge < -0.3 is 19.8 Å². The van der Waals surface area contributed by atoms with Gasteiger partial charge in [-0.1, -0.05) is 0 Å². The summed E-state index contributed by atoms with van der Waals surface area (Å²) >= 11 is 0. The van der Waals surface area contributed by atoms with Crippen LogP contribution in [-0.2, 0) is 5.60 Å². The molecule has 0 aliphatic heterocycles. The molecular formula is C15H18N2O4. The van der Waals surface area contributed by atoms with Gasteiger partial charge in [0, 0.05) is 5.56 Å². The van der Waals surface area contributed by atoms with Gasteiger partial charge in [0.1, 0.15) is 22.8 Å². The number of aliphatic hydroxyl groups is 1. The lowest BCUT2D eigenvalue weighted by atomic mass is 9.96. The van der Waals surface area contributed by atoms with Crippen LogP contribution < -0.4 is 5.32 Å². The van der Waals surface area contributed by atoms with Gasteiger partial charge in [0.25, 0.3) is 5.91 Å². The molecule has 2 aromatic rings. The summed E-state index contributed by atoms with van der Waals surface area (Å²) in [5.74, 6) is 0.935. The van der Waals surface area contributed by atoms with Crippen molar-refractivity contribution in [1.29, 1.82) is 0 Å². The van der Waals surface area contributed by atoms with Crippen LogP contribution in [0.3, 0.4) is 0 Å². The van der Waals surface area contributed by atoms with Crippen molar-refractivity contribution in [3.63, 3.8) is 0 Å². The van der Waals surface area contributed by atoms with E-state index in [1.807, 2.05) is 0 Å². The molecule has 3 N–H and O–H groups in total. The van der Waals surface area contributed by atoms with Gasteiger partial charge in [-0.3, -0.25) is 9.59 Å². The number of amides is 1. The van der Waals surface area contributed by atoms with E-state index in [1.165, 1.54) is 12.1 Å². The standard InChI is InChI=1S/C15H18N2O4/c1-9-6-12(10(2)21-9)15(3,20)8-16-14(19)13-5-4-11(7-18)17-13/h4-7,17,20H,8H2,1-3H3,(H,16,19).